The molecule has 0 saturated carbocycles. The molecule has 6 rings (SSSR count). The van der Waals surface area contributed by atoms with Gasteiger partial charge in [0.25, 0.3) is 0 Å². The van der Waals surface area contributed by atoms with Crippen LogP contribution in [0.15, 0.2) is 88.0 Å². The number of benzene rings is 4. The smallest absolute Gasteiger partial charge is 0.197 e. The average molecular weight is 425 g/mol. The summed E-state index contributed by atoms with van der Waals surface area (Å²) in [6.07, 6.45) is 0. The highest BCUT2D eigenvalue weighted by atomic mass is 79.9. The summed E-state index contributed by atoms with van der Waals surface area (Å²) >= 11 is 3.51. The van der Waals surface area contributed by atoms with Gasteiger partial charge >= 0.3 is 0 Å². The first-order valence-corrected chi connectivity index (χ1v) is 9.84. The van der Waals surface area contributed by atoms with E-state index in [0.29, 0.717) is 4.73 Å². The van der Waals surface area contributed by atoms with Crippen LogP contribution in [-0.2, 0) is 0 Å². The van der Waals surface area contributed by atoms with Crippen molar-refractivity contribution < 1.29 is 4.42 Å². The zero-order valence-electron chi connectivity index (χ0n) is 14.7. The van der Waals surface area contributed by atoms with Gasteiger partial charge in [-0.2, -0.15) is 0 Å². The molecule has 3 nitrogen and oxygen atoms in total. The van der Waals surface area contributed by atoms with Gasteiger partial charge in [-0.1, -0.05) is 60.7 Å². The lowest BCUT2D eigenvalue weighted by atomic mass is 10.0. The van der Waals surface area contributed by atoms with Gasteiger partial charge in [0, 0.05) is 27.1 Å². The van der Waals surface area contributed by atoms with Gasteiger partial charge < -0.3 is 4.42 Å². The monoisotopic (exact) mass is 424 g/mol. The second-order valence-electron chi connectivity index (χ2n) is 6.80. The number of halogens is 1. The fourth-order valence-electron chi connectivity index (χ4n) is 3.98. The highest BCUT2D eigenvalue weighted by Crippen LogP contribution is 2.38. The number of nitrogens with zero attached hydrogens (tertiary/aromatic N) is 2. The predicted octanol–water partition coefficient (Wildman–Crippen LogP) is 7.11. The van der Waals surface area contributed by atoms with Gasteiger partial charge in [-0.3, -0.25) is 0 Å². The molecule has 0 spiro atoms. The lowest BCUT2D eigenvalue weighted by Crippen LogP contribution is -1.93. The normalized spacial score (nSPS) is 11.8. The van der Waals surface area contributed by atoms with Crippen molar-refractivity contribution in [2.75, 3.05) is 0 Å². The fraction of sp³-hybridized carbons (Fsp3) is 0. The van der Waals surface area contributed by atoms with Gasteiger partial charge in [0.05, 0.1) is 11.2 Å². The molecular formula is C24H13BrN2O. The molecule has 6 aromatic rings. The summed E-state index contributed by atoms with van der Waals surface area (Å²) in [5.74, 6) is 0. The Morgan fingerprint density at radius 3 is 2.36 bits per heavy atom. The Morgan fingerprint density at radius 2 is 1.43 bits per heavy atom. The molecule has 2 aromatic heterocycles. The molecule has 0 fully saturated rings. The Morgan fingerprint density at radius 1 is 0.643 bits per heavy atom. The maximum Gasteiger partial charge on any atom is 0.197 e. The standard InChI is InChI=1S/C24H13BrN2O/c25-24-26-21-15-7-2-1-6-14(15)12-13-18(21)22(27-24)19-10-5-9-17-16-8-3-4-11-20(16)28-23(17)19/h1-13H. The van der Waals surface area contributed by atoms with Gasteiger partial charge in [0.1, 0.15) is 11.2 Å². The number of aromatic nitrogens is 2. The van der Waals surface area contributed by atoms with Crippen LogP contribution in [0.2, 0.25) is 0 Å². The summed E-state index contributed by atoms with van der Waals surface area (Å²) in [6, 6.07) is 26.8. The Balaban J connectivity index is 1.77. The molecule has 2 heterocycles. The topological polar surface area (TPSA) is 38.9 Å². The van der Waals surface area contributed by atoms with Crippen molar-refractivity contribution in [3.63, 3.8) is 0 Å². The summed E-state index contributed by atoms with van der Waals surface area (Å²) in [6.45, 7) is 0. The Bertz CT molecular complexity index is 1530. The molecule has 0 saturated heterocycles. The minimum Gasteiger partial charge on any atom is -0.455 e. The first kappa shape index (κ1) is 15.8. The quantitative estimate of drug-likeness (QED) is 0.208. The van der Waals surface area contributed by atoms with Crippen molar-refractivity contribution in [3.05, 3.63) is 83.6 Å². The summed E-state index contributed by atoms with van der Waals surface area (Å²) in [5, 5.41) is 5.49. The van der Waals surface area contributed by atoms with Crippen LogP contribution in [0.3, 0.4) is 0 Å². The summed E-state index contributed by atoms with van der Waals surface area (Å²) in [7, 11) is 0. The third kappa shape index (κ3) is 2.21. The van der Waals surface area contributed by atoms with E-state index in [1.165, 1.54) is 0 Å². The fourth-order valence-corrected chi connectivity index (χ4v) is 4.33. The van der Waals surface area contributed by atoms with E-state index >= 15 is 0 Å². The van der Waals surface area contributed by atoms with E-state index in [0.717, 1.165) is 54.9 Å². The largest absolute Gasteiger partial charge is 0.455 e. The molecule has 0 amide bonds. The van der Waals surface area contributed by atoms with Gasteiger partial charge in [-0.25, -0.2) is 9.97 Å². The molecule has 0 aliphatic heterocycles. The van der Waals surface area contributed by atoms with E-state index in [2.05, 4.69) is 69.4 Å². The van der Waals surface area contributed by atoms with E-state index in [4.69, 9.17) is 9.40 Å². The number of rotatable bonds is 1. The number of hydrogen-bond acceptors (Lipinski definition) is 3. The second-order valence-corrected chi connectivity index (χ2v) is 7.51. The van der Waals surface area contributed by atoms with Crippen LogP contribution >= 0.6 is 15.9 Å². The maximum absolute atomic E-state index is 6.24. The number of hydrogen-bond donors (Lipinski definition) is 0. The SMILES string of the molecule is Brc1nc(-c2cccc3c2oc2ccccc23)c2ccc3ccccc3c2n1. The van der Waals surface area contributed by atoms with E-state index in [-0.39, 0.29) is 0 Å². The molecule has 0 aliphatic carbocycles. The number of furan rings is 1. The maximum atomic E-state index is 6.24. The van der Waals surface area contributed by atoms with Crippen molar-refractivity contribution in [2.24, 2.45) is 0 Å². The first-order chi connectivity index (χ1) is 13.8. The van der Waals surface area contributed by atoms with Crippen LogP contribution in [0, 0.1) is 0 Å². The highest BCUT2D eigenvalue weighted by Gasteiger charge is 2.17. The van der Waals surface area contributed by atoms with Crippen LogP contribution in [0.5, 0.6) is 0 Å². The molecular weight excluding hydrogens is 412 g/mol. The van der Waals surface area contributed by atoms with Crippen LogP contribution < -0.4 is 0 Å². The predicted molar refractivity (Wildman–Crippen MR) is 117 cm³/mol. The van der Waals surface area contributed by atoms with Crippen molar-refractivity contribution >= 4 is 59.5 Å². The molecule has 0 N–H and O–H groups in total. The number of para-hydroxylation sites is 2. The molecule has 0 aliphatic rings. The highest BCUT2D eigenvalue weighted by molar-refractivity contribution is 9.10. The lowest BCUT2D eigenvalue weighted by molar-refractivity contribution is 0.670. The van der Waals surface area contributed by atoms with Gasteiger partial charge in [-0.05, 0) is 39.5 Å². The van der Waals surface area contributed by atoms with E-state index in [9.17, 15) is 0 Å². The van der Waals surface area contributed by atoms with Gasteiger partial charge in [0.15, 0.2) is 4.73 Å². The average Bonchev–Trinajstić information content (AvgIpc) is 3.12. The van der Waals surface area contributed by atoms with Crippen molar-refractivity contribution in [1.29, 1.82) is 0 Å². The van der Waals surface area contributed by atoms with Crippen LogP contribution in [0.4, 0.5) is 0 Å². The zero-order valence-corrected chi connectivity index (χ0v) is 16.3. The second kappa shape index (κ2) is 5.88. The Hall–Kier alpha value is -3.24. The van der Waals surface area contributed by atoms with E-state index in [1.807, 2.05) is 30.3 Å². The molecule has 4 aromatic carbocycles. The molecule has 0 bridgehead atoms. The third-order valence-electron chi connectivity index (χ3n) is 5.22. The summed E-state index contributed by atoms with van der Waals surface area (Å²) in [5.41, 5.74) is 4.50. The van der Waals surface area contributed by atoms with Gasteiger partial charge in [0.2, 0.25) is 0 Å². The lowest BCUT2D eigenvalue weighted by Gasteiger charge is -2.09. The molecule has 0 radical (unpaired) electrons. The van der Waals surface area contributed by atoms with Crippen LogP contribution in [0.25, 0.3) is 54.9 Å². The van der Waals surface area contributed by atoms with E-state index in [1.54, 1.807) is 0 Å². The molecule has 132 valence electrons. The summed E-state index contributed by atoms with van der Waals surface area (Å²) in [4.78, 5) is 9.43. The third-order valence-corrected chi connectivity index (χ3v) is 5.58. The molecule has 0 unspecified atom stereocenters. The minimum atomic E-state index is 0.569. The van der Waals surface area contributed by atoms with E-state index < -0.39 is 0 Å². The van der Waals surface area contributed by atoms with Crippen molar-refractivity contribution in [2.45, 2.75) is 0 Å². The zero-order chi connectivity index (χ0) is 18.7. The van der Waals surface area contributed by atoms with Gasteiger partial charge in [-0.15, -0.1) is 0 Å². The minimum absolute atomic E-state index is 0.569. The molecule has 28 heavy (non-hydrogen) atoms. The number of fused-ring (bicyclic) bond motifs is 6. The van der Waals surface area contributed by atoms with Crippen molar-refractivity contribution in [1.82, 2.24) is 9.97 Å². The molecule has 0 atom stereocenters. The summed E-state index contributed by atoms with van der Waals surface area (Å²) < 4.78 is 6.81. The Kier molecular flexibility index (Phi) is 3.31. The Labute approximate surface area is 168 Å². The molecule has 4 heteroatoms. The van der Waals surface area contributed by atoms with Crippen molar-refractivity contribution in [3.8, 4) is 11.3 Å². The van der Waals surface area contributed by atoms with Crippen LogP contribution in [-0.4, -0.2) is 9.97 Å². The van der Waals surface area contributed by atoms with Crippen LogP contribution in [0.1, 0.15) is 0 Å². The first-order valence-electron chi connectivity index (χ1n) is 9.05.